The van der Waals surface area contributed by atoms with Gasteiger partial charge in [-0.2, -0.15) is 0 Å². The zero-order valence-electron chi connectivity index (χ0n) is 19.1. The Morgan fingerprint density at radius 3 is 2.77 bits per heavy atom. The summed E-state index contributed by atoms with van der Waals surface area (Å²) in [4.78, 5) is 38.2. The van der Waals surface area contributed by atoms with Gasteiger partial charge in [-0.3, -0.25) is 19.7 Å². The van der Waals surface area contributed by atoms with Crippen molar-refractivity contribution < 1.29 is 18.9 Å². The lowest BCUT2D eigenvalue weighted by atomic mass is 9.95. The fourth-order valence-corrected chi connectivity index (χ4v) is 5.11. The maximum Gasteiger partial charge on any atom is 0.255 e. The van der Waals surface area contributed by atoms with E-state index in [2.05, 4.69) is 26.1 Å². The topological polar surface area (TPSA) is 135 Å². The van der Waals surface area contributed by atoms with E-state index in [1.807, 2.05) is 24.4 Å². The van der Waals surface area contributed by atoms with Crippen LogP contribution >= 0.6 is 0 Å². The van der Waals surface area contributed by atoms with Crippen LogP contribution in [0.4, 0.5) is 0 Å². The Morgan fingerprint density at radius 2 is 1.94 bits per heavy atom. The van der Waals surface area contributed by atoms with Gasteiger partial charge in [-0.25, -0.2) is 4.68 Å². The van der Waals surface area contributed by atoms with E-state index in [9.17, 15) is 14.4 Å². The summed E-state index contributed by atoms with van der Waals surface area (Å²) >= 11 is 0. The molecule has 2 saturated heterocycles. The minimum absolute atomic E-state index is 0.195. The molecule has 0 saturated carbocycles. The van der Waals surface area contributed by atoms with Gasteiger partial charge in [0.25, 0.3) is 5.91 Å². The predicted molar refractivity (Wildman–Crippen MR) is 122 cm³/mol. The number of rotatable bonds is 5. The first-order chi connectivity index (χ1) is 17.0. The Morgan fingerprint density at radius 1 is 1.09 bits per heavy atom. The summed E-state index contributed by atoms with van der Waals surface area (Å²) in [7, 11) is 0. The molecule has 3 aliphatic heterocycles. The lowest BCUT2D eigenvalue weighted by molar-refractivity contribution is -0.136. The summed E-state index contributed by atoms with van der Waals surface area (Å²) in [5.41, 5.74) is 3.90. The second kappa shape index (κ2) is 8.73. The first-order valence-electron chi connectivity index (χ1n) is 11.9. The van der Waals surface area contributed by atoms with Gasteiger partial charge in [0.05, 0.1) is 11.9 Å². The van der Waals surface area contributed by atoms with Crippen molar-refractivity contribution in [3.63, 3.8) is 0 Å². The van der Waals surface area contributed by atoms with Crippen LogP contribution in [-0.2, 0) is 22.7 Å². The normalized spacial score (nSPS) is 20.9. The van der Waals surface area contributed by atoms with Gasteiger partial charge in [0.2, 0.25) is 11.8 Å². The van der Waals surface area contributed by atoms with E-state index in [1.54, 1.807) is 10.7 Å². The molecule has 2 N–H and O–H groups in total. The molecule has 0 spiro atoms. The van der Waals surface area contributed by atoms with Crippen molar-refractivity contribution in [2.45, 2.75) is 50.7 Å². The number of hydrogen-bond acceptors (Lipinski definition) is 8. The standard InChI is InChI=1S/C24H25N7O4/c32-22-4-3-21(23(33)26-22)31-11-16-9-15(1-2-18(16)24(31)34)20-13-30(29-27-20)12-17-10-19(28-35-17)14-5-7-25-8-6-14/h1-2,9-10,13-14,21,25H,3-8,11-12H2,(H,26,32,33). The summed E-state index contributed by atoms with van der Waals surface area (Å²) in [6, 6.07) is 6.88. The van der Waals surface area contributed by atoms with Gasteiger partial charge in [0.1, 0.15) is 18.3 Å². The molecule has 3 aliphatic rings. The van der Waals surface area contributed by atoms with Crippen LogP contribution in [0, 0.1) is 0 Å². The number of aromatic nitrogens is 4. The van der Waals surface area contributed by atoms with Gasteiger partial charge in [0, 0.05) is 36.1 Å². The molecule has 11 heteroatoms. The number of carbonyl (C=O) groups excluding carboxylic acids is 3. The van der Waals surface area contributed by atoms with Crippen molar-refractivity contribution in [2.24, 2.45) is 0 Å². The summed E-state index contributed by atoms with van der Waals surface area (Å²) in [5.74, 6) is 0.248. The molecule has 3 amide bonds. The number of imide groups is 1. The third-order valence-corrected chi connectivity index (χ3v) is 7.01. The Balaban J connectivity index is 1.16. The van der Waals surface area contributed by atoms with Crippen molar-refractivity contribution in [3.05, 3.63) is 53.0 Å². The highest BCUT2D eigenvalue weighted by atomic mass is 16.5. The summed E-state index contributed by atoms with van der Waals surface area (Å²) < 4.78 is 7.24. The highest BCUT2D eigenvalue weighted by Crippen LogP contribution is 2.31. The predicted octanol–water partition coefficient (Wildman–Crippen LogP) is 1.21. The Bertz CT molecular complexity index is 1310. The van der Waals surface area contributed by atoms with E-state index in [1.165, 1.54) is 4.90 Å². The Labute approximate surface area is 200 Å². The molecule has 6 rings (SSSR count). The molecule has 1 unspecified atom stereocenters. The monoisotopic (exact) mass is 475 g/mol. The van der Waals surface area contributed by atoms with Crippen LogP contribution in [0.25, 0.3) is 11.3 Å². The van der Waals surface area contributed by atoms with E-state index < -0.39 is 11.9 Å². The molecule has 1 atom stereocenters. The second-order valence-electron chi connectivity index (χ2n) is 9.32. The van der Waals surface area contributed by atoms with Gasteiger partial charge in [-0.1, -0.05) is 16.4 Å². The first-order valence-corrected chi connectivity index (χ1v) is 11.9. The van der Waals surface area contributed by atoms with Gasteiger partial charge < -0.3 is 14.7 Å². The maximum atomic E-state index is 12.9. The highest BCUT2D eigenvalue weighted by molar-refractivity contribution is 6.05. The zero-order valence-corrected chi connectivity index (χ0v) is 19.1. The van der Waals surface area contributed by atoms with E-state index in [0.29, 0.717) is 36.7 Å². The van der Waals surface area contributed by atoms with Crippen LogP contribution in [0.15, 0.2) is 35.0 Å². The number of nitrogens with zero attached hydrogens (tertiary/aromatic N) is 5. The Hall–Kier alpha value is -3.86. The molecule has 35 heavy (non-hydrogen) atoms. The van der Waals surface area contributed by atoms with Crippen molar-refractivity contribution in [2.75, 3.05) is 13.1 Å². The smallest absolute Gasteiger partial charge is 0.255 e. The number of nitrogens with one attached hydrogen (secondary N) is 2. The Kier molecular flexibility index (Phi) is 5.40. The number of carbonyl (C=O) groups is 3. The molecule has 0 radical (unpaired) electrons. The molecule has 0 aliphatic carbocycles. The zero-order chi connectivity index (χ0) is 23.9. The molecular formula is C24H25N7O4. The van der Waals surface area contributed by atoms with Crippen molar-refractivity contribution in [1.82, 2.24) is 35.7 Å². The van der Waals surface area contributed by atoms with Crippen LogP contribution < -0.4 is 10.6 Å². The number of hydrogen-bond donors (Lipinski definition) is 2. The van der Waals surface area contributed by atoms with Crippen molar-refractivity contribution >= 4 is 17.7 Å². The minimum atomic E-state index is -0.631. The number of benzene rings is 1. The van der Waals surface area contributed by atoms with E-state index in [4.69, 9.17) is 4.52 Å². The summed E-state index contributed by atoms with van der Waals surface area (Å²) in [6.07, 6.45) is 4.52. The maximum absolute atomic E-state index is 12.9. The quantitative estimate of drug-likeness (QED) is 0.526. The molecule has 1 aromatic carbocycles. The lowest BCUT2D eigenvalue weighted by Gasteiger charge is -2.29. The number of amides is 3. The minimum Gasteiger partial charge on any atom is -0.359 e. The SMILES string of the molecule is O=C1CCC(N2Cc3cc(-c4cn(Cc5cc(C6CCNCC6)no5)nn4)ccc3C2=O)C(=O)N1. The molecule has 11 nitrogen and oxygen atoms in total. The van der Waals surface area contributed by atoms with Crippen LogP contribution in [0.3, 0.4) is 0 Å². The highest BCUT2D eigenvalue weighted by Gasteiger charge is 2.39. The molecule has 0 bridgehead atoms. The van der Waals surface area contributed by atoms with E-state index in [0.717, 1.165) is 48.5 Å². The summed E-state index contributed by atoms with van der Waals surface area (Å²) in [5, 5.41) is 18.5. The molecule has 2 aromatic heterocycles. The average molecular weight is 476 g/mol. The largest absolute Gasteiger partial charge is 0.359 e. The fourth-order valence-electron chi connectivity index (χ4n) is 5.11. The molecule has 3 aromatic rings. The fraction of sp³-hybridized carbons (Fsp3) is 0.417. The second-order valence-corrected chi connectivity index (χ2v) is 9.32. The molecule has 5 heterocycles. The van der Waals surface area contributed by atoms with Crippen LogP contribution in [0.2, 0.25) is 0 Å². The van der Waals surface area contributed by atoms with Gasteiger partial charge in [-0.15, -0.1) is 5.10 Å². The summed E-state index contributed by atoms with van der Waals surface area (Å²) in [6.45, 7) is 2.74. The van der Waals surface area contributed by atoms with Gasteiger partial charge in [-0.05, 0) is 50.0 Å². The van der Waals surface area contributed by atoms with E-state index >= 15 is 0 Å². The van der Waals surface area contributed by atoms with Crippen molar-refractivity contribution in [3.8, 4) is 11.3 Å². The lowest BCUT2D eigenvalue weighted by Crippen LogP contribution is -2.52. The number of piperidine rings is 2. The van der Waals surface area contributed by atoms with Crippen LogP contribution in [0.5, 0.6) is 0 Å². The van der Waals surface area contributed by atoms with E-state index in [-0.39, 0.29) is 18.2 Å². The molecular weight excluding hydrogens is 450 g/mol. The average Bonchev–Trinajstić information content (AvgIpc) is 3.60. The third-order valence-electron chi connectivity index (χ3n) is 7.01. The first kappa shape index (κ1) is 21.7. The third kappa shape index (κ3) is 4.12. The molecule has 2 fully saturated rings. The van der Waals surface area contributed by atoms with Crippen LogP contribution in [0.1, 0.15) is 59.0 Å². The van der Waals surface area contributed by atoms with Gasteiger partial charge >= 0.3 is 0 Å². The number of fused-ring (bicyclic) bond motifs is 1. The van der Waals surface area contributed by atoms with Gasteiger partial charge in [0.15, 0.2) is 5.76 Å². The molecule has 180 valence electrons. The van der Waals surface area contributed by atoms with Crippen molar-refractivity contribution in [1.29, 1.82) is 0 Å². The van der Waals surface area contributed by atoms with Crippen LogP contribution in [-0.4, -0.2) is 61.9 Å².